The van der Waals surface area contributed by atoms with Crippen LogP contribution in [0.4, 0.5) is 0 Å². The Kier molecular flexibility index (Phi) is 6.02. The molecule has 0 N–H and O–H groups in total. The van der Waals surface area contributed by atoms with Gasteiger partial charge in [-0.3, -0.25) is 0 Å². The van der Waals surface area contributed by atoms with Gasteiger partial charge in [0.05, 0.1) is 11.0 Å². The van der Waals surface area contributed by atoms with Crippen molar-refractivity contribution in [2.24, 2.45) is 0 Å². The number of allylic oxidation sites excluding steroid dienone is 2. The van der Waals surface area contributed by atoms with E-state index in [9.17, 15) is 0 Å². The van der Waals surface area contributed by atoms with Crippen molar-refractivity contribution in [3.05, 3.63) is 167 Å². The fraction of sp³-hybridized carbons (Fsp3) is 0.116. The van der Waals surface area contributed by atoms with E-state index in [-0.39, 0.29) is 5.92 Å². The molecule has 1 atom stereocenters. The first kappa shape index (κ1) is 26.1. The molecule has 2 heteroatoms. The van der Waals surface area contributed by atoms with E-state index in [4.69, 9.17) is 0 Å². The summed E-state index contributed by atoms with van der Waals surface area (Å²) < 4.78 is 5.07. The standard InChI is InChI=1S/C43H34N2/c1-29-14-11-17-31(28-29)45-41-27-10-8-21-35(41)39-25-13-23-37(43(39)45)33-19-6-5-18-32(33)36-22-12-24-38-34-20-7-9-26-40(34)44(42(36)38)30-15-3-2-4-16-30/h2-9,11-22,24-26,28,37H,10,23,27H2,1H3. The molecule has 2 heterocycles. The van der Waals surface area contributed by atoms with Gasteiger partial charge in [0.25, 0.3) is 0 Å². The third-order valence-electron chi connectivity index (χ3n) is 9.80. The zero-order chi connectivity index (χ0) is 29.9. The van der Waals surface area contributed by atoms with E-state index < -0.39 is 0 Å². The van der Waals surface area contributed by atoms with Gasteiger partial charge in [0.15, 0.2) is 0 Å². The van der Waals surface area contributed by atoms with Gasteiger partial charge in [-0.2, -0.15) is 0 Å². The predicted molar refractivity (Wildman–Crippen MR) is 190 cm³/mol. The highest BCUT2D eigenvalue weighted by Crippen LogP contribution is 2.47. The highest BCUT2D eigenvalue weighted by molar-refractivity contribution is 6.14. The smallest absolute Gasteiger partial charge is 0.0619 e. The molecule has 9 rings (SSSR count). The molecule has 0 saturated heterocycles. The quantitative estimate of drug-likeness (QED) is 0.197. The second-order valence-corrected chi connectivity index (χ2v) is 12.4. The molecular formula is C43H34N2. The predicted octanol–water partition coefficient (Wildman–Crippen LogP) is 11.1. The lowest BCUT2D eigenvalue weighted by atomic mass is 9.81. The summed E-state index contributed by atoms with van der Waals surface area (Å²) in [5, 5.41) is 2.57. The Morgan fingerprint density at radius 2 is 1.33 bits per heavy atom. The fourth-order valence-corrected chi connectivity index (χ4v) is 7.95. The molecule has 2 nitrogen and oxygen atoms in total. The Bertz CT molecular complexity index is 2310. The Morgan fingerprint density at radius 3 is 2.24 bits per heavy atom. The molecule has 216 valence electrons. The maximum atomic E-state index is 2.60. The summed E-state index contributed by atoms with van der Waals surface area (Å²) in [5.41, 5.74) is 15.8. The van der Waals surface area contributed by atoms with Gasteiger partial charge in [-0.25, -0.2) is 0 Å². The summed E-state index contributed by atoms with van der Waals surface area (Å²) in [4.78, 5) is 0. The Labute approximate surface area is 264 Å². The van der Waals surface area contributed by atoms with Crippen LogP contribution in [0.5, 0.6) is 0 Å². The molecular weight excluding hydrogens is 544 g/mol. The van der Waals surface area contributed by atoms with Gasteiger partial charge >= 0.3 is 0 Å². The number of aryl methyl sites for hydroxylation is 1. The van der Waals surface area contributed by atoms with E-state index in [1.54, 1.807) is 0 Å². The Morgan fingerprint density at radius 1 is 0.600 bits per heavy atom. The summed E-state index contributed by atoms with van der Waals surface area (Å²) in [7, 11) is 0. The highest BCUT2D eigenvalue weighted by atomic mass is 15.0. The van der Waals surface area contributed by atoms with Crippen LogP contribution in [-0.4, -0.2) is 9.13 Å². The maximum Gasteiger partial charge on any atom is 0.0619 e. The normalized spacial score (nSPS) is 15.4. The van der Waals surface area contributed by atoms with Crippen molar-refractivity contribution in [2.75, 3.05) is 0 Å². The minimum atomic E-state index is 0.227. The Hall–Kier alpha value is -5.34. The maximum absolute atomic E-state index is 2.60. The van der Waals surface area contributed by atoms with E-state index in [1.165, 1.54) is 77.9 Å². The number of aromatic nitrogens is 2. The molecule has 2 aliphatic carbocycles. The molecule has 0 fully saturated rings. The molecule has 2 aromatic heterocycles. The molecule has 1 unspecified atom stereocenters. The fourth-order valence-electron chi connectivity index (χ4n) is 7.95. The number of rotatable bonds is 4. The minimum absolute atomic E-state index is 0.227. The van der Waals surface area contributed by atoms with E-state index in [0.29, 0.717) is 0 Å². The average molecular weight is 579 g/mol. The van der Waals surface area contributed by atoms with Gasteiger partial charge in [0, 0.05) is 56.1 Å². The monoisotopic (exact) mass is 578 g/mol. The van der Waals surface area contributed by atoms with Crippen LogP contribution in [0.2, 0.25) is 0 Å². The highest BCUT2D eigenvalue weighted by Gasteiger charge is 2.32. The first-order chi connectivity index (χ1) is 22.3. The van der Waals surface area contributed by atoms with Crippen LogP contribution >= 0.6 is 0 Å². The number of hydrogen-bond acceptors (Lipinski definition) is 0. The molecule has 0 bridgehead atoms. The lowest BCUT2D eigenvalue weighted by Crippen LogP contribution is -2.13. The number of para-hydroxylation sites is 3. The summed E-state index contributed by atoms with van der Waals surface area (Å²) in [5.74, 6) is 0.227. The van der Waals surface area contributed by atoms with Gasteiger partial charge in [0.2, 0.25) is 0 Å². The third-order valence-corrected chi connectivity index (χ3v) is 9.80. The molecule has 0 radical (unpaired) electrons. The molecule has 2 aliphatic rings. The van der Waals surface area contributed by atoms with Gasteiger partial charge < -0.3 is 9.13 Å². The van der Waals surface area contributed by atoms with Gasteiger partial charge in [-0.15, -0.1) is 0 Å². The lowest BCUT2D eigenvalue weighted by molar-refractivity contribution is 0.738. The average Bonchev–Trinajstić information content (AvgIpc) is 3.62. The summed E-state index contributed by atoms with van der Waals surface area (Å²) >= 11 is 0. The van der Waals surface area contributed by atoms with Crippen LogP contribution < -0.4 is 0 Å². The molecule has 0 aliphatic heterocycles. The topological polar surface area (TPSA) is 9.86 Å². The van der Waals surface area contributed by atoms with Gasteiger partial charge in [-0.05, 0) is 73.2 Å². The summed E-state index contributed by atoms with van der Waals surface area (Å²) in [6, 6.07) is 44.7. The van der Waals surface area contributed by atoms with Crippen molar-refractivity contribution in [2.45, 2.75) is 32.1 Å². The SMILES string of the molecule is Cc1cccc(-n2c3c(c4c2C(c2ccccc2-c2cccc5c6ccccc6n(-c6ccccc6)c25)CC=C4)C=CCC3)c1. The van der Waals surface area contributed by atoms with Crippen molar-refractivity contribution in [1.82, 2.24) is 9.13 Å². The van der Waals surface area contributed by atoms with E-state index in [0.717, 1.165) is 19.3 Å². The third kappa shape index (κ3) is 4.02. The van der Waals surface area contributed by atoms with Crippen LogP contribution in [-0.2, 0) is 6.42 Å². The minimum Gasteiger partial charge on any atom is -0.316 e. The van der Waals surface area contributed by atoms with Crippen LogP contribution in [0.3, 0.4) is 0 Å². The van der Waals surface area contributed by atoms with E-state index in [1.807, 2.05) is 0 Å². The second-order valence-electron chi connectivity index (χ2n) is 12.4. The number of hydrogen-bond donors (Lipinski definition) is 0. The zero-order valence-electron chi connectivity index (χ0n) is 25.4. The van der Waals surface area contributed by atoms with Crippen LogP contribution in [0, 0.1) is 6.92 Å². The second kappa shape index (κ2) is 10.4. The van der Waals surface area contributed by atoms with Crippen molar-refractivity contribution in [1.29, 1.82) is 0 Å². The number of benzene rings is 5. The molecule has 5 aromatic carbocycles. The molecule has 7 aromatic rings. The van der Waals surface area contributed by atoms with Crippen LogP contribution in [0.15, 0.2) is 133 Å². The van der Waals surface area contributed by atoms with Crippen molar-refractivity contribution >= 4 is 34.0 Å². The van der Waals surface area contributed by atoms with Crippen LogP contribution in [0.1, 0.15) is 52.4 Å². The van der Waals surface area contributed by atoms with Gasteiger partial charge in [0.1, 0.15) is 0 Å². The first-order valence-corrected chi connectivity index (χ1v) is 16.1. The van der Waals surface area contributed by atoms with Crippen molar-refractivity contribution in [3.8, 4) is 22.5 Å². The molecule has 0 spiro atoms. The van der Waals surface area contributed by atoms with Gasteiger partial charge in [-0.1, -0.05) is 115 Å². The zero-order valence-corrected chi connectivity index (χ0v) is 25.4. The first-order valence-electron chi connectivity index (χ1n) is 16.1. The largest absolute Gasteiger partial charge is 0.316 e. The van der Waals surface area contributed by atoms with E-state index in [2.05, 4.69) is 162 Å². The molecule has 0 saturated carbocycles. The van der Waals surface area contributed by atoms with Crippen molar-refractivity contribution < 1.29 is 0 Å². The lowest BCUT2D eigenvalue weighted by Gasteiger charge is -2.26. The van der Waals surface area contributed by atoms with E-state index >= 15 is 0 Å². The van der Waals surface area contributed by atoms with Crippen LogP contribution in [0.25, 0.3) is 56.5 Å². The summed E-state index contributed by atoms with van der Waals surface area (Å²) in [6.45, 7) is 2.20. The summed E-state index contributed by atoms with van der Waals surface area (Å²) in [6.07, 6.45) is 12.6. The number of nitrogens with zero attached hydrogens (tertiary/aromatic N) is 2. The number of fused-ring (bicyclic) bond motifs is 6. The molecule has 45 heavy (non-hydrogen) atoms. The van der Waals surface area contributed by atoms with Crippen molar-refractivity contribution in [3.63, 3.8) is 0 Å². The Balaban J connectivity index is 1.33. The molecule has 0 amide bonds.